The van der Waals surface area contributed by atoms with Crippen LogP contribution < -0.4 is 4.74 Å². The van der Waals surface area contributed by atoms with Crippen molar-refractivity contribution < 1.29 is 14.9 Å². The maximum atomic E-state index is 9.83. The molecule has 0 radical (unpaired) electrons. The fraction of sp³-hybridized carbons (Fsp3) is 0.333. The topological polar surface area (TPSA) is 80.4 Å². The Morgan fingerprint density at radius 3 is 2.56 bits per heavy atom. The SMILES string of the molecule is CC.CC(C)n1nccc1-c1ncccc1COc1cccc(O)c1CO. The van der Waals surface area contributed by atoms with Gasteiger partial charge in [0.05, 0.1) is 23.6 Å². The first kappa shape index (κ1) is 20.5. The summed E-state index contributed by atoms with van der Waals surface area (Å²) in [7, 11) is 0. The molecule has 0 aliphatic carbocycles. The van der Waals surface area contributed by atoms with E-state index in [2.05, 4.69) is 23.9 Å². The van der Waals surface area contributed by atoms with Gasteiger partial charge in [-0.15, -0.1) is 0 Å². The smallest absolute Gasteiger partial charge is 0.129 e. The van der Waals surface area contributed by atoms with Gasteiger partial charge >= 0.3 is 0 Å². The van der Waals surface area contributed by atoms with Gasteiger partial charge in [-0.05, 0) is 38.1 Å². The van der Waals surface area contributed by atoms with E-state index in [9.17, 15) is 10.2 Å². The molecule has 0 atom stereocenters. The Labute approximate surface area is 160 Å². The van der Waals surface area contributed by atoms with Gasteiger partial charge in [0.15, 0.2) is 0 Å². The van der Waals surface area contributed by atoms with Crippen molar-refractivity contribution in [3.8, 4) is 22.9 Å². The van der Waals surface area contributed by atoms with E-state index in [1.54, 1.807) is 24.5 Å². The second-order valence-electron chi connectivity index (χ2n) is 5.97. The van der Waals surface area contributed by atoms with Crippen LogP contribution in [-0.4, -0.2) is 25.0 Å². The van der Waals surface area contributed by atoms with E-state index in [1.807, 2.05) is 36.7 Å². The van der Waals surface area contributed by atoms with Crippen LogP contribution in [0.15, 0.2) is 48.8 Å². The van der Waals surface area contributed by atoms with E-state index < -0.39 is 0 Å². The van der Waals surface area contributed by atoms with Gasteiger partial charge in [0, 0.05) is 24.0 Å². The zero-order valence-electron chi connectivity index (χ0n) is 16.3. The molecule has 0 bridgehead atoms. The van der Waals surface area contributed by atoms with E-state index in [4.69, 9.17) is 4.74 Å². The van der Waals surface area contributed by atoms with Crippen LogP contribution in [0.25, 0.3) is 11.4 Å². The lowest BCUT2D eigenvalue weighted by Crippen LogP contribution is -2.08. The molecule has 0 saturated carbocycles. The number of hydrogen-bond acceptors (Lipinski definition) is 5. The molecule has 0 aliphatic heterocycles. The molecule has 0 saturated heterocycles. The largest absolute Gasteiger partial charge is 0.507 e. The highest BCUT2D eigenvalue weighted by Gasteiger charge is 2.15. The lowest BCUT2D eigenvalue weighted by atomic mass is 10.1. The van der Waals surface area contributed by atoms with Gasteiger partial charge in [0.25, 0.3) is 0 Å². The standard InChI is InChI=1S/C19H21N3O3.C2H6/c1-13(2)22-16(8-10-21-22)19-14(5-4-9-20-19)12-25-18-7-3-6-17(24)15(18)11-23;1-2/h3-10,13,23-24H,11-12H2,1-2H3;1-2H3. The zero-order valence-corrected chi connectivity index (χ0v) is 16.3. The summed E-state index contributed by atoms with van der Waals surface area (Å²) in [6.07, 6.45) is 3.50. The van der Waals surface area contributed by atoms with E-state index in [-0.39, 0.29) is 25.0 Å². The van der Waals surface area contributed by atoms with Crippen molar-refractivity contribution in [1.82, 2.24) is 14.8 Å². The average molecular weight is 369 g/mol. The molecule has 0 amide bonds. The van der Waals surface area contributed by atoms with E-state index in [0.29, 0.717) is 11.3 Å². The third kappa shape index (κ3) is 4.65. The number of rotatable bonds is 6. The van der Waals surface area contributed by atoms with Crippen LogP contribution in [0.5, 0.6) is 11.5 Å². The van der Waals surface area contributed by atoms with Crippen molar-refractivity contribution in [2.75, 3.05) is 0 Å². The molecule has 2 aromatic heterocycles. The quantitative estimate of drug-likeness (QED) is 0.676. The Morgan fingerprint density at radius 2 is 1.85 bits per heavy atom. The monoisotopic (exact) mass is 369 g/mol. The fourth-order valence-corrected chi connectivity index (χ4v) is 2.70. The third-order valence-electron chi connectivity index (χ3n) is 3.94. The van der Waals surface area contributed by atoms with E-state index >= 15 is 0 Å². The second kappa shape index (κ2) is 9.73. The van der Waals surface area contributed by atoms with Gasteiger partial charge in [0.1, 0.15) is 18.1 Å². The van der Waals surface area contributed by atoms with Crippen molar-refractivity contribution >= 4 is 0 Å². The number of nitrogens with zero attached hydrogens (tertiary/aromatic N) is 3. The highest BCUT2D eigenvalue weighted by atomic mass is 16.5. The second-order valence-corrected chi connectivity index (χ2v) is 5.97. The molecule has 0 spiro atoms. The Morgan fingerprint density at radius 1 is 1.07 bits per heavy atom. The molecular formula is C21H27N3O3. The summed E-state index contributed by atoms with van der Waals surface area (Å²) in [6.45, 7) is 8.11. The predicted molar refractivity (Wildman–Crippen MR) is 106 cm³/mol. The summed E-state index contributed by atoms with van der Waals surface area (Å²) < 4.78 is 7.76. The molecule has 6 nitrogen and oxygen atoms in total. The number of aliphatic hydroxyl groups is 1. The molecular weight excluding hydrogens is 342 g/mol. The summed E-state index contributed by atoms with van der Waals surface area (Å²) in [4.78, 5) is 4.50. The molecule has 3 rings (SSSR count). The number of hydrogen-bond donors (Lipinski definition) is 2. The van der Waals surface area contributed by atoms with Crippen LogP contribution in [0.4, 0.5) is 0 Å². The van der Waals surface area contributed by atoms with E-state index in [0.717, 1.165) is 17.0 Å². The summed E-state index contributed by atoms with van der Waals surface area (Å²) in [5.41, 5.74) is 3.00. The number of aromatic nitrogens is 3. The molecule has 27 heavy (non-hydrogen) atoms. The number of aliphatic hydroxyl groups excluding tert-OH is 1. The van der Waals surface area contributed by atoms with Crippen LogP contribution in [0.2, 0.25) is 0 Å². The molecule has 0 unspecified atom stereocenters. The Hall–Kier alpha value is -2.86. The molecule has 144 valence electrons. The molecule has 2 heterocycles. The van der Waals surface area contributed by atoms with Crippen LogP contribution >= 0.6 is 0 Å². The minimum absolute atomic E-state index is 0.0179. The number of benzene rings is 1. The number of pyridine rings is 1. The van der Waals surface area contributed by atoms with Crippen LogP contribution in [0.3, 0.4) is 0 Å². The maximum Gasteiger partial charge on any atom is 0.129 e. The van der Waals surface area contributed by atoms with Crippen molar-refractivity contribution in [2.24, 2.45) is 0 Å². The van der Waals surface area contributed by atoms with E-state index in [1.165, 1.54) is 6.07 Å². The summed E-state index contributed by atoms with van der Waals surface area (Å²) >= 11 is 0. The van der Waals surface area contributed by atoms with Crippen LogP contribution in [0.1, 0.15) is 44.9 Å². The van der Waals surface area contributed by atoms with Crippen molar-refractivity contribution in [3.63, 3.8) is 0 Å². The first-order chi connectivity index (χ1) is 13.1. The highest BCUT2D eigenvalue weighted by Crippen LogP contribution is 2.29. The third-order valence-corrected chi connectivity index (χ3v) is 3.94. The fourth-order valence-electron chi connectivity index (χ4n) is 2.70. The van der Waals surface area contributed by atoms with Gasteiger partial charge in [-0.25, -0.2) is 0 Å². The average Bonchev–Trinajstić information content (AvgIpc) is 3.18. The number of phenols is 1. The van der Waals surface area contributed by atoms with Crippen LogP contribution in [0, 0.1) is 0 Å². The van der Waals surface area contributed by atoms with Gasteiger partial charge in [0.2, 0.25) is 0 Å². The Bertz CT molecular complexity index is 859. The molecule has 0 aliphatic rings. The summed E-state index contributed by atoms with van der Waals surface area (Å²) in [5, 5.41) is 23.6. The minimum Gasteiger partial charge on any atom is -0.507 e. The van der Waals surface area contributed by atoms with Gasteiger partial charge in [-0.1, -0.05) is 26.0 Å². The van der Waals surface area contributed by atoms with Crippen molar-refractivity contribution in [3.05, 3.63) is 59.9 Å². The van der Waals surface area contributed by atoms with Crippen molar-refractivity contribution in [1.29, 1.82) is 0 Å². The number of aromatic hydroxyl groups is 1. The Kier molecular flexibility index (Phi) is 7.37. The zero-order chi connectivity index (χ0) is 19.8. The predicted octanol–water partition coefficient (Wildman–Crippen LogP) is 4.33. The normalized spacial score (nSPS) is 10.4. The summed E-state index contributed by atoms with van der Waals surface area (Å²) in [6, 6.07) is 10.9. The van der Waals surface area contributed by atoms with Gasteiger partial charge in [-0.3, -0.25) is 9.67 Å². The minimum atomic E-state index is -0.290. The Balaban J connectivity index is 0.00000126. The molecule has 1 aromatic carbocycles. The lowest BCUT2D eigenvalue weighted by molar-refractivity contribution is 0.253. The van der Waals surface area contributed by atoms with Gasteiger partial charge < -0.3 is 14.9 Å². The molecule has 6 heteroatoms. The van der Waals surface area contributed by atoms with Gasteiger partial charge in [-0.2, -0.15) is 5.10 Å². The lowest BCUT2D eigenvalue weighted by Gasteiger charge is -2.15. The number of ether oxygens (including phenoxy) is 1. The maximum absolute atomic E-state index is 9.83. The van der Waals surface area contributed by atoms with Crippen molar-refractivity contribution in [2.45, 2.75) is 47.0 Å². The summed E-state index contributed by atoms with van der Waals surface area (Å²) in [5.74, 6) is 0.471. The molecule has 3 aromatic rings. The first-order valence-corrected chi connectivity index (χ1v) is 9.14. The van der Waals surface area contributed by atoms with Crippen LogP contribution in [-0.2, 0) is 13.2 Å². The molecule has 0 fully saturated rings. The highest BCUT2D eigenvalue weighted by molar-refractivity contribution is 5.59. The molecule has 2 N–H and O–H groups in total. The first-order valence-electron chi connectivity index (χ1n) is 9.14.